The molecule has 4 rings (SSSR count). The van der Waals surface area contributed by atoms with Crippen LogP contribution in [0.25, 0.3) is 0 Å². The number of carboxylic acid groups (broad SMARTS) is 1. The molecule has 0 heterocycles. The van der Waals surface area contributed by atoms with Gasteiger partial charge in [0.2, 0.25) is 0 Å². The first-order valence-electron chi connectivity index (χ1n) is 23.7. The smallest absolute Gasteiger partial charge is 0.306 e. The molecule has 4 saturated carbocycles. The Morgan fingerprint density at radius 3 is 1.95 bits per heavy atom. The quantitative estimate of drug-likeness (QED) is 0.0520. The minimum Gasteiger partial charge on any atom is -0.481 e. The molecule has 0 bridgehead atoms. The molecule has 4 aliphatic rings. The fraction of sp³-hybridized carbons (Fsp3) is 0.840. The van der Waals surface area contributed by atoms with Crippen molar-refractivity contribution in [2.45, 2.75) is 220 Å². The number of rotatable bonds is 26. The standard InChI is InChI=1S/C50H84O5/c1-5-6-7-8-9-10-11-12-13-14-15-16-17-18-19-20-21-22-23-24-25-26-27-28-48(54)55-41-35-36-49(3)40(37-41)30-31-42-44-33-32-43(39(2)29-34-47(52)53)50(44,4)46(51)38-45(42)49/h11-12,14-15,17-18,39-46,51H,5-10,13,16,19-38H2,1-4H3,(H,52,53)/b12-11-,15-14-,18-17-. The highest BCUT2D eigenvalue weighted by atomic mass is 16.5. The zero-order valence-corrected chi connectivity index (χ0v) is 36.0. The van der Waals surface area contributed by atoms with Gasteiger partial charge in [0.25, 0.3) is 0 Å². The minimum atomic E-state index is -0.712. The summed E-state index contributed by atoms with van der Waals surface area (Å²) in [6.07, 6.45) is 44.9. The molecule has 0 aromatic heterocycles. The second-order valence-electron chi connectivity index (χ2n) is 19.2. The van der Waals surface area contributed by atoms with Crippen LogP contribution in [0.1, 0.15) is 207 Å². The van der Waals surface area contributed by atoms with Gasteiger partial charge in [-0.1, -0.05) is 128 Å². The van der Waals surface area contributed by atoms with Crippen molar-refractivity contribution in [3.05, 3.63) is 36.5 Å². The zero-order chi connectivity index (χ0) is 39.5. The lowest BCUT2D eigenvalue weighted by molar-refractivity contribution is -0.181. The van der Waals surface area contributed by atoms with Gasteiger partial charge >= 0.3 is 11.9 Å². The fourth-order valence-electron chi connectivity index (χ4n) is 12.3. The number of esters is 1. The molecule has 4 aliphatic carbocycles. The van der Waals surface area contributed by atoms with Crippen LogP contribution in [0, 0.1) is 46.3 Å². The molecule has 5 heteroatoms. The Balaban J connectivity index is 1.01. The maximum atomic E-state index is 12.9. The molecule has 10 atom stereocenters. The maximum Gasteiger partial charge on any atom is 0.306 e. The summed E-state index contributed by atoms with van der Waals surface area (Å²) >= 11 is 0. The molecule has 0 spiro atoms. The predicted molar refractivity (Wildman–Crippen MR) is 229 cm³/mol. The highest BCUT2D eigenvalue weighted by Crippen LogP contribution is 2.68. The number of carboxylic acids is 1. The monoisotopic (exact) mass is 765 g/mol. The third kappa shape index (κ3) is 13.6. The molecular formula is C50H84O5. The lowest BCUT2D eigenvalue weighted by Gasteiger charge is -2.62. The number of unbranched alkanes of at least 4 members (excludes halogenated alkanes) is 13. The van der Waals surface area contributed by atoms with Crippen molar-refractivity contribution in [2.75, 3.05) is 0 Å². The van der Waals surface area contributed by atoms with E-state index in [0.29, 0.717) is 48.3 Å². The van der Waals surface area contributed by atoms with Gasteiger partial charge in [-0.15, -0.1) is 0 Å². The van der Waals surface area contributed by atoms with Crippen molar-refractivity contribution in [3.63, 3.8) is 0 Å². The number of carbonyl (C=O) groups excluding carboxylic acids is 1. The largest absolute Gasteiger partial charge is 0.481 e. The molecule has 4 fully saturated rings. The number of allylic oxidation sites excluding steroid dienone is 6. The molecule has 0 radical (unpaired) electrons. The Labute approximate surface area is 338 Å². The number of ether oxygens (including phenoxy) is 1. The van der Waals surface area contributed by atoms with Crippen molar-refractivity contribution in [1.29, 1.82) is 0 Å². The number of aliphatic carboxylic acids is 1. The van der Waals surface area contributed by atoms with E-state index >= 15 is 0 Å². The number of carbonyl (C=O) groups is 2. The predicted octanol–water partition coefficient (Wildman–Crippen LogP) is 13.7. The van der Waals surface area contributed by atoms with Gasteiger partial charge in [0.05, 0.1) is 6.10 Å². The highest BCUT2D eigenvalue weighted by Gasteiger charge is 2.63. The molecule has 0 aromatic rings. The summed E-state index contributed by atoms with van der Waals surface area (Å²) in [6.45, 7) is 9.33. The zero-order valence-electron chi connectivity index (χ0n) is 36.0. The third-order valence-electron chi connectivity index (χ3n) is 15.6. The van der Waals surface area contributed by atoms with Gasteiger partial charge in [-0.2, -0.15) is 0 Å². The van der Waals surface area contributed by atoms with Crippen LogP contribution in [0.4, 0.5) is 0 Å². The molecule has 0 aromatic carbocycles. The van der Waals surface area contributed by atoms with E-state index in [9.17, 15) is 19.8 Å². The Hall–Kier alpha value is -1.88. The van der Waals surface area contributed by atoms with E-state index in [1.54, 1.807) is 0 Å². The normalized spacial score (nSPS) is 32.5. The number of hydrogen-bond acceptors (Lipinski definition) is 4. The Morgan fingerprint density at radius 2 is 1.31 bits per heavy atom. The second-order valence-corrected chi connectivity index (χ2v) is 19.2. The van der Waals surface area contributed by atoms with E-state index < -0.39 is 5.97 Å². The number of aliphatic hydroxyl groups excluding tert-OH is 1. The van der Waals surface area contributed by atoms with Crippen molar-refractivity contribution in [1.82, 2.24) is 0 Å². The molecule has 2 N–H and O–H groups in total. The SMILES string of the molecule is CCCCCCC/C=C\C/C=C\C/C=C\CCCCCCCCCCC(=O)OC1CCC2(C)C(CCC3C2CC(O)C2(C)C(C(C)CCC(=O)O)CCC32)C1. The van der Waals surface area contributed by atoms with Gasteiger partial charge in [-0.05, 0) is 149 Å². The van der Waals surface area contributed by atoms with Crippen molar-refractivity contribution >= 4 is 11.9 Å². The van der Waals surface area contributed by atoms with E-state index in [4.69, 9.17) is 4.74 Å². The van der Waals surface area contributed by atoms with Gasteiger partial charge < -0.3 is 14.9 Å². The van der Waals surface area contributed by atoms with Crippen LogP contribution in [0.3, 0.4) is 0 Å². The summed E-state index contributed by atoms with van der Waals surface area (Å²) in [7, 11) is 0. The average molecular weight is 765 g/mol. The first-order valence-corrected chi connectivity index (χ1v) is 23.7. The molecule has 0 aliphatic heterocycles. The summed E-state index contributed by atoms with van der Waals surface area (Å²) < 4.78 is 6.12. The number of fused-ring (bicyclic) bond motifs is 5. The summed E-state index contributed by atoms with van der Waals surface area (Å²) in [6, 6.07) is 0. The maximum absolute atomic E-state index is 12.9. The topological polar surface area (TPSA) is 83.8 Å². The van der Waals surface area contributed by atoms with Gasteiger partial charge in [0, 0.05) is 12.8 Å². The molecule has 0 amide bonds. The number of aliphatic hydroxyl groups is 1. The molecule has 314 valence electrons. The van der Waals surface area contributed by atoms with E-state index in [0.717, 1.165) is 57.8 Å². The molecule has 10 unspecified atom stereocenters. The van der Waals surface area contributed by atoms with E-state index in [1.165, 1.54) is 103 Å². The van der Waals surface area contributed by atoms with E-state index in [2.05, 4.69) is 64.2 Å². The van der Waals surface area contributed by atoms with Gasteiger partial charge in [0.1, 0.15) is 6.10 Å². The van der Waals surface area contributed by atoms with Crippen LogP contribution in [0.2, 0.25) is 0 Å². The van der Waals surface area contributed by atoms with Crippen molar-refractivity contribution in [2.24, 2.45) is 46.3 Å². The van der Waals surface area contributed by atoms with Gasteiger partial charge in [0.15, 0.2) is 0 Å². The van der Waals surface area contributed by atoms with E-state index in [-0.39, 0.29) is 35.4 Å². The Kier molecular flexibility index (Phi) is 20.1. The minimum absolute atomic E-state index is 0.00374. The van der Waals surface area contributed by atoms with Crippen molar-refractivity contribution < 1.29 is 24.5 Å². The molecule has 55 heavy (non-hydrogen) atoms. The molecular weight excluding hydrogens is 681 g/mol. The van der Waals surface area contributed by atoms with Gasteiger partial charge in [-0.3, -0.25) is 9.59 Å². The third-order valence-corrected chi connectivity index (χ3v) is 15.6. The first kappa shape index (κ1) is 45.8. The second kappa shape index (κ2) is 24.1. The first-order chi connectivity index (χ1) is 26.6. The van der Waals surface area contributed by atoms with Crippen LogP contribution in [0.5, 0.6) is 0 Å². The summed E-state index contributed by atoms with van der Waals surface area (Å²) in [5.41, 5.74) is 0.106. The lowest BCUT2D eigenvalue weighted by Crippen LogP contribution is -2.59. The van der Waals surface area contributed by atoms with Crippen LogP contribution in [-0.2, 0) is 14.3 Å². The number of hydrogen-bond donors (Lipinski definition) is 2. The molecule has 5 nitrogen and oxygen atoms in total. The van der Waals surface area contributed by atoms with Crippen LogP contribution in [-0.4, -0.2) is 34.4 Å². The van der Waals surface area contributed by atoms with Crippen molar-refractivity contribution in [3.8, 4) is 0 Å². The van der Waals surface area contributed by atoms with Crippen LogP contribution >= 0.6 is 0 Å². The summed E-state index contributed by atoms with van der Waals surface area (Å²) in [5, 5.41) is 21.1. The van der Waals surface area contributed by atoms with Gasteiger partial charge in [-0.25, -0.2) is 0 Å². The fourth-order valence-corrected chi connectivity index (χ4v) is 12.3. The van der Waals surface area contributed by atoms with Crippen LogP contribution < -0.4 is 0 Å². The van der Waals surface area contributed by atoms with E-state index in [1.807, 2.05) is 0 Å². The summed E-state index contributed by atoms with van der Waals surface area (Å²) in [5.74, 6) is 2.30. The summed E-state index contributed by atoms with van der Waals surface area (Å²) in [4.78, 5) is 24.2. The highest BCUT2D eigenvalue weighted by molar-refractivity contribution is 5.69. The van der Waals surface area contributed by atoms with Crippen LogP contribution in [0.15, 0.2) is 36.5 Å². The Bertz CT molecular complexity index is 1200. The average Bonchev–Trinajstić information content (AvgIpc) is 3.53. The lowest BCUT2D eigenvalue weighted by atomic mass is 9.43. The molecule has 0 saturated heterocycles. The Morgan fingerprint density at radius 1 is 0.709 bits per heavy atom.